The van der Waals surface area contributed by atoms with Gasteiger partial charge in [-0.3, -0.25) is 4.90 Å². The normalized spacial score (nSPS) is 52.1. The highest BCUT2D eigenvalue weighted by molar-refractivity contribution is 5.73. The maximum atomic E-state index is 11.1. The molecule has 3 aliphatic heterocycles. The van der Waals surface area contributed by atoms with Crippen LogP contribution in [-0.2, 0) is 4.74 Å². The number of cyclic esters (lactones) is 1. The summed E-state index contributed by atoms with van der Waals surface area (Å²) in [6.07, 6.45) is 2.23. The van der Waals surface area contributed by atoms with Gasteiger partial charge in [0, 0.05) is 6.54 Å². The summed E-state index contributed by atoms with van der Waals surface area (Å²) in [4.78, 5) is 13.1. The Morgan fingerprint density at radius 2 is 2.27 bits per heavy atom. The molecule has 3 saturated heterocycles. The van der Waals surface area contributed by atoms with Gasteiger partial charge in [0.2, 0.25) is 0 Å². The summed E-state index contributed by atoms with van der Waals surface area (Å²) in [6, 6.07) is 0. The first-order valence-corrected chi connectivity index (χ1v) is 4.08. The van der Waals surface area contributed by atoms with Gasteiger partial charge in [0.05, 0.1) is 5.54 Å². The van der Waals surface area contributed by atoms with E-state index in [9.17, 15) is 4.79 Å². The molecule has 1 saturated carbocycles. The molecule has 1 amide bonds. The molecule has 11 heavy (non-hydrogen) atoms. The van der Waals surface area contributed by atoms with Crippen molar-refractivity contribution in [1.82, 2.24) is 4.90 Å². The maximum absolute atomic E-state index is 11.1. The fourth-order valence-corrected chi connectivity index (χ4v) is 3.10. The van der Waals surface area contributed by atoms with Crippen LogP contribution in [0.2, 0.25) is 0 Å². The number of ether oxygens (including phenoxy) is 1. The molecule has 3 heteroatoms. The Morgan fingerprint density at radius 1 is 1.55 bits per heavy atom. The molecule has 4 rings (SSSR count). The highest BCUT2D eigenvalue weighted by Gasteiger charge is 2.68. The molecule has 0 N–H and O–H groups in total. The van der Waals surface area contributed by atoms with Gasteiger partial charge in [-0.2, -0.15) is 0 Å². The first-order chi connectivity index (χ1) is 5.14. The molecule has 2 bridgehead atoms. The molecule has 0 aromatic carbocycles. The van der Waals surface area contributed by atoms with Crippen molar-refractivity contribution < 1.29 is 9.53 Å². The van der Waals surface area contributed by atoms with Gasteiger partial charge in [0.15, 0.2) is 0 Å². The third kappa shape index (κ3) is 0.470. The summed E-state index contributed by atoms with van der Waals surface area (Å²) in [5.74, 6) is 0. The first-order valence-electron chi connectivity index (χ1n) is 4.08. The van der Waals surface area contributed by atoms with Gasteiger partial charge < -0.3 is 4.74 Å². The van der Waals surface area contributed by atoms with Crippen molar-refractivity contribution in [3.05, 3.63) is 0 Å². The SMILES string of the molecule is CC12CN3C(=O)OCC3(C1)C2. The molecule has 4 aliphatic rings. The maximum Gasteiger partial charge on any atom is 0.410 e. The lowest BCUT2D eigenvalue weighted by atomic mass is 9.64. The zero-order valence-corrected chi connectivity index (χ0v) is 6.59. The van der Waals surface area contributed by atoms with Crippen LogP contribution in [0, 0.1) is 5.41 Å². The summed E-state index contributed by atoms with van der Waals surface area (Å²) >= 11 is 0. The lowest BCUT2D eigenvalue weighted by Crippen LogP contribution is -2.47. The minimum Gasteiger partial charge on any atom is -0.447 e. The van der Waals surface area contributed by atoms with E-state index in [1.807, 2.05) is 4.90 Å². The molecule has 3 heterocycles. The molecule has 0 radical (unpaired) electrons. The van der Waals surface area contributed by atoms with E-state index in [0.29, 0.717) is 12.0 Å². The Bertz CT molecular complexity index is 242. The quantitative estimate of drug-likeness (QED) is 0.519. The van der Waals surface area contributed by atoms with Crippen molar-refractivity contribution in [1.29, 1.82) is 0 Å². The number of carbonyl (C=O) groups is 1. The van der Waals surface area contributed by atoms with E-state index in [2.05, 4.69) is 6.92 Å². The fourth-order valence-electron chi connectivity index (χ4n) is 3.10. The average Bonchev–Trinajstić information content (AvgIpc) is 2.37. The van der Waals surface area contributed by atoms with Crippen molar-refractivity contribution in [3.8, 4) is 0 Å². The van der Waals surface area contributed by atoms with E-state index in [1.165, 1.54) is 0 Å². The third-order valence-corrected chi connectivity index (χ3v) is 3.31. The summed E-state index contributed by atoms with van der Waals surface area (Å²) in [5, 5.41) is 0. The van der Waals surface area contributed by atoms with Crippen LogP contribution in [0.5, 0.6) is 0 Å². The van der Waals surface area contributed by atoms with Crippen LogP contribution in [0.1, 0.15) is 19.8 Å². The van der Waals surface area contributed by atoms with E-state index < -0.39 is 0 Å². The Hall–Kier alpha value is -0.730. The topological polar surface area (TPSA) is 29.5 Å². The van der Waals surface area contributed by atoms with Crippen LogP contribution in [-0.4, -0.2) is 29.7 Å². The average molecular weight is 153 g/mol. The lowest BCUT2D eigenvalue weighted by Gasteiger charge is -2.41. The number of rotatable bonds is 0. The zero-order valence-electron chi connectivity index (χ0n) is 6.59. The second-order valence-corrected chi connectivity index (χ2v) is 4.53. The number of hydrogen-bond donors (Lipinski definition) is 0. The van der Waals surface area contributed by atoms with Gasteiger partial charge >= 0.3 is 6.09 Å². The highest BCUT2D eigenvalue weighted by Crippen LogP contribution is 2.61. The van der Waals surface area contributed by atoms with Crippen molar-refractivity contribution in [2.24, 2.45) is 5.41 Å². The third-order valence-electron chi connectivity index (χ3n) is 3.31. The van der Waals surface area contributed by atoms with Crippen molar-refractivity contribution in [3.63, 3.8) is 0 Å². The molecule has 0 unspecified atom stereocenters. The van der Waals surface area contributed by atoms with Gasteiger partial charge in [0.25, 0.3) is 0 Å². The predicted molar refractivity (Wildman–Crippen MR) is 38.1 cm³/mol. The zero-order chi connectivity index (χ0) is 7.69. The van der Waals surface area contributed by atoms with Gasteiger partial charge in [-0.15, -0.1) is 0 Å². The molecule has 1 spiro atoms. The molecular formula is C8H11NO2. The smallest absolute Gasteiger partial charge is 0.410 e. The number of amides is 1. The largest absolute Gasteiger partial charge is 0.447 e. The van der Waals surface area contributed by atoms with Crippen molar-refractivity contribution in [2.75, 3.05) is 13.2 Å². The van der Waals surface area contributed by atoms with Gasteiger partial charge in [-0.25, -0.2) is 4.79 Å². The van der Waals surface area contributed by atoms with Crippen molar-refractivity contribution in [2.45, 2.75) is 25.3 Å². The van der Waals surface area contributed by atoms with Gasteiger partial charge in [-0.1, -0.05) is 6.92 Å². The summed E-state index contributed by atoms with van der Waals surface area (Å²) in [7, 11) is 0. The monoisotopic (exact) mass is 153 g/mol. The second-order valence-electron chi connectivity index (χ2n) is 4.53. The van der Waals surface area contributed by atoms with Crippen LogP contribution in [0.3, 0.4) is 0 Å². The fraction of sp³-hybridized carbons (Fsp3) is 0.875. The predicted octanol–water partition coefficient (Wildman–Crippen LogP) is 0.991. The van der Waals surface area contributed by atoms with E-state index in [0.717, 1.165) is 19.4 Å². The molecule has 0 aromatic heterocycles. The minimum atomic E-state index is -0.0915. The van der Waals surface area contributed by atoms with Gasteiger partial charge in [-0.05, 0) is 18.3 Å². The van der Waals surface area contributed by atoms with E-state index >= 15 is 0 Å². The standard InChI is InChI=1S/C8H11NO2/c1-7-2-8(3-7)5-11-6(10)9(8)4-7/h2-5H2,1H3. The molecular weight excluding hydrogens is 142 g/mol. The summed E-state index contributed by atoms with van der Waals surface area (Å²) < 4.78 is 4.99. The molecule has 1 aliphatic carbocycles. The van der Waals surface area contributed by atoms with Crippen LogP contribution < -0.4 is 0 Å². The second kappa shape index (κ2) is 1.28. The van der Waals surface area contributed by atoms with Crippen molar-refractivity contribution >= 4 is 6.09 Å². The van der Waals surface area contributed by atoms with E-state index in [4.69, 9.17) is 4.74 Å². The molecule has 60 valence electrons. The molecule has 0 aromatic rings. The molecule has 4 fully saturated rings. The van der Waals surface area contributed by atoms with E-state index in [1.54, 1.807) is 0 Å². The number of hydrogen-bond acceptors (Lipinski definition) is 2. The molecule has 0 atom stereocenters. The first kappa shape index (κ1) is 5.86. The Balaban J connectivity index is 2.02. The molecule has 3 nitrogen and oxygen atoms in total. The Morgan fingerprint density at radius 3 is 2.91 bits per heavy atom. The van der Waals surface area contributed by atoms with Crippen LogP contribution in [0.25, 0.3) is 0 Å². The van der Waals surface area contributed by atoms with Crippen LogP contribution in [0.15, 0.2) is 0 Å². The highest BCUT2D eigenvalue weighted by atomic mass is 16.6. The minimum absolute atomic E-state index is 0.0915. The van der Waals surface area contributed by atoms with E-state index in [-0.39, 0.29) is 11.6 Å². The van der Waals surface area contributed by atoms with Crippen LogP contribution in [0.4, 0.5) is 4.79 Å². The Labute approximate surface area is 65.3 Å². The number of nitrogens with zero attached hydrogens (tertiary/aromatic N) is 1. The van der Waals surface area contributed by atoms with Crippen LogP contribution >= 0.6 is 0 Å². The summed E-state index contributed by atoms with van der Waals surface area (Å²) in [5.41, 5.74) is 0.575. The summed E-state index contributed by atoms with van der Waals surface area (Å²) in [6.45, 7) is 3.82. The Kier molecular flexibility index (Phi) is 0.681. The van der Waals surface area contributed by atoms with Gasteiger partial charge in [0.1, 0.15) is 6.61 Å². The number of carbonyl (C=O) groups excluding carboxylic acids is 1. The lowest BCUT2D eigenvalue weighted by molar-refractivity contribution is 0.0841.